The summed E-state index contributed by atoms with van der Waals surface area (Å²) in [5.74, 6) is -0.966. The normalized spacial score (nSPS) is 14.3. The Labute approximate surface area is 205 Å². The highest BCUT2D eigenvalue weighted by molar-refractivity contribution is 8.18. The molecule has 3 amide bonds. The molecule has 11 heteroatoms. The third-order valence-corrected chi connectivity index (χ3v) is 5.56. The number of rotatable bonds is 9. The summed E-state index contributed by atoms with van der Waals surface area (Å²) in [6, 6.07) is 11.6. The van der Waals surface area contributed by atoms with Gasteiger partial charge < -0.3 is 19.5 Å². The number of benzene rings is 2. The first-order valence-electron chi connectivity index (χ1n) is 10.1. The Balaban J connectivity index is 1.70. The lowest BCUT2D eigenvalue weighted by atomic mass is 10.2. The zero-order chi connectivity index (χ0) is 24.7. The zero-order valence-corrected chi connectivity index (χ0v) is 19.9. The number of hydrogen-bond donors (Lipinski definition) is 1. The van der Waals surface area contributed by atoms with Crippen LogP contribution >= 0.6 is 23.4 Å². The summed E-state index contributed by atoms with van der Waals surface area (Å²) in [6.45, 7) is 1.41. The molecule has 34 heavy (non-hydrogen) atoms. The van der Waals surface area contributed by atoms with Crippen molar-refractivity contribution in [2.24, 2.45) is 0 Å². The van der Waals surface area contributed by atoms with Gasteiger partial charge in [0.25, 0.3) is 17.1 Å². The molecule has 1 fully saturated rings. The summed E-state index contributed by atoms with van der Waals surface area (Å²) >= 11 is 6.64. The van der Waals surface area contributed by atoms with E-state index in [0.717, 1.165) is 16.7 Å². The van der Waals surface area contributed by atoms with E-state index in [1.807, 2.05) is 0 Å². The van der Waals surface area contributed by atoms with Crippen LogP contribution in [-0.4, -0.2) is 54.8 Å². The summed E-state index contributed by atoms with van der Waals surface area (Å²) in [4.78, 5) is 49.2. The predicted octanol–water partition coefficient (Wildman–Crippen LogP) is 3.97. The number of esters is 1. The van der Waals surface area contributed by atoms with Crippen LogP contribution in [0.4, 0.5) is 10.5 Å². The Kier molecular flexibility index (Phi) is 8.55. The van der Waals surface area contributed by atoms with Crippen molar-refractivity contribution >= 4 is 58.1 Å². The highest BCUT2D eigenvalue weighted by Gasteiger charge is 2.36. The number of carbonyl (C=O) groups is 4. The van der Waals surface area contributed by atoms with Crippen LogP contribution in [0.2, 0.25) is 5.02 Å². The quantitative estimate of drug-likeness (QED) is 0.403. The van der Waals surface area contributed by atoms with E-state index in [-0.39, 0.29) is 17.4 Å². The topological polar surface area (TPSA) is 111 Å². The molecule has 0 saturated carbocycles. The molecule has 1 N–H and O–H groups in total. The molecule has 1 saturated heterocycles. The lowest BCUT2D eigenvalue weighted by molar-refractivity contribution is -0.143. The molecule has 0 radical (unpaired) electrons. The van der Waals surface area contributed by atoms with Gasteiger partial charge in [-0.25, -0.2) is 0 Å². The Morgan fingerprint density at radius 3 is 2.62 bits per heavy atom. The Morgan fingerprint density at radius 2 is 1.91 bits per heavy atom. The highest BCUT2D eigenvalue weighted by Crippen LogP contribution is 2.34. The fourth-order valence-corrected chi connectivity index (χ4v) is 3.92. The standard InChI is InChI=1S/C23H21ClN2O7S/c1-3-32-18-9-14(10-19-22(29)26(23(30)34-19)12-21(28)31-2)7-8-17(18)33-13-20(27)25-16-6-4-5-15(24)11-16/h4-11H,3,12-13H2,1-2H3,(H,25,27)/b19-10+. The first kappa shape index (κ1) is 25.1. The van der Waals surface area contributed by atoms with Gasteiger partial charge in [0.1, 0.15) is 6.54 Å². The number of carbonyl (C=O) groups excluding carboxylic acids is 4. The summed E-state index contributed by atoms with van der Waals surface area (Å²) in [7, 11) is 1.18. The Hall–Kier alpha value is -3.50. The Morgan fingerprint density at radius 1 is 1.12 bits per heavy atom. The molecule has 0 aromatic heterocycles. The fraction of sp³-hybridized carbons (Fsp3) is 0.217. The molecule has 0 spiro atoms. The van der Waals surface area contributed by atoms with Gasteiger partial charge in [0.05, 0.1) is 18.6 Å². The number of ether oxygens (including phenoxy) is 3. The lowest BCUT2D eigenvalue weighted by Crippen LogP contribution is -2.34. The maximum Gasteiger partial charge on any atom is 0.325 e. The van der Waals surface area contributed by atoms with E-state index in [4.69, 9.17) is 21.1 Å². The second kappa shape index (κ2) is 11.6. The van der Waals surface area contributed by atoms with Crippen LogP contribution in [0.1, 0.15) is 12.5 Å². The van der Waals surface area contributed by atoms with Crippen molar-refractivity contribution in [3.63, 3.8) is 0 Å². The van der Waals surface area contributed by atoms with Gasteiger partial charge in [-0.15, -0.1) is 0 Å². The number of anilines is 1. The van der Waals surface area contributed by atoms with Crippen molar-refractivity contribution in [3.8, 4) is 11.5 Å². The van der Waals surface area contributed by atoms with Crippen LogP contribution in [0, 0.1) is 0 Å². The lowest BCUT2D eigenvalue weighted by Gasteiger charge is -2.13. The van der Waals surface area contributed by atoms with E-state index in [9.17, 15) is 19.2 Å². The maximum absolute atomic E-state index is 12.5. The number of halogens is 1. The van der Waals surface area contributed by atoms with Gasteiger partial charge in [0, 0.05) is 10.7 Å². The summed E-state index contributed by atoms with van der Waals surface area (Å²) < 4.78 is 15.7. The summed E-state index contributed by atoms with van der Waals surface area (Å²) in [5, 5.41) is 2.62. The first-order valence-corrected chi connectivity index (χ1v) is 11.3. The Bertz CT molecular complexity index is 1150. The molecular weight excluding hydrogens is 484 g/mol. The zero-order valence-electron chi connectivity index (χ0n) is 18.3. The number of nitrogens with one attached hydrogen (secondary N) is 1. The van der Waals surface area contributed by atoms with Crippen molar-refractivity contribution in [2.45, 2.75) is 6.92 Å². The number of amides is 3. The van der Waals surface area contributed by atoms with Gasteiger partial charge in [-0.3, -0.25) is 24.1 Å². The molecule has 0 bridgehead atoms. The van der Waals surface area contributed by atoms with Crippen molar-refractivity contribution in [1.29, 1.82) is 0 Å². The molecule has 178 valence electrons. The van der Waals surface area contributed by atoms with E-state index < -0.39 is 23.7 Å². The largest absolute Gasteiger partial charge is 0.490 e. The van der Waals surface area contributed by atoms with Crippen LogP contribution in [0.3, 0.4) is 0 Å². The van der Waals surface area contributed by atoms with Gasteiger partial charge in [0.2, 0.25) is 0 Å². The number of imide groups is 1. The second-order valence-electron chi connectivity index (χ2n) is 6.83. The molecule has 1 heterocycles. The molecular formula is C23H21ClN2O7S. The molecule has 3 rings (SSSR count). The minimum Gasteiger partial charge on any atom is -0.490 e. The number of thioether (sulfide) groups is 1. The number of nitrogens with zero attached hydrogens (tertiary/aromatic N) is 1. The van der Waals surface area contributed by atoms with Gasteiger partial charge >= 0.3 is 5.97 Å². The van der Waals surface area contributed by atoms with Crippen LogP contribution in [-0.2, 0) is 19.1 Å². The highest BCUT2D eigenvalue weighted by atomic mass is 35.5. The smallest absolute Gasteiger partial charge is 0.325 e. The molecule has 1 aliphatic heterocycles. The van der Waals surface area contributed by atoms with Gasteiger partial charge in [-0.2, -0.15) is 0 Å². The van der Waals surface area contributed by atoms with Gasteiger partial charge in [-0.1, -0.05) is 23.7 Å². The monoisotopic (exact) mass is 504 g/mol. The maximum atomic E-state index is 12.5. The second-order valence-corrected chi connectivity index (χ2v) is 8.26. The third-order valence-electron chi connectivity index (χ3n) is 4.42. The molecule has 0 aliphatic carbocycles. The van der Waals surface area contributed by atoms with Gasteiger partial charge in [0.15, 0.2) is 18.1 Å². The van der Waals surface area contributed by atoms with Crippen LogP contribution in [0.15, 0.2) is 47.4 Å². The minimum absolute atomic E-state index is 0.158. The van der Waals surface area contributed by atoms with Crippen molar-refractivity contribution in [1.82, 2.24) is 4.90 Å². The number of methoxy groups -OCH3 is 1. The minimum atomic E-state index is -0.692. The molecule has 0 unspecified atom stereocenters. The third kappa shape index (κ3) is 6.52. The van der Waals surface area contributed by atoms with E-state index in [2.05, 4.69) is 10.1 Å². The van der Waals surface area contributed by atoms with E-state index in [1.54, 1.807) is 49.4 Å². The summed E-state index contributed by atoms with van der Waals surface area (Å²) in [5.41, 5.74) is 1.12. The van der Waals surface area contributed by atoms with Crippen LogP contribution < -0.4 is 14.8 Å². The van der Waals surface area contributed by atoms with E-state index in [1.165, 1.54) is 13.2 Å². The van der Waals surface area contributed by atoms with Crippen molar-refractivity contribution in [3.05, 3.63) is 58.0 Å². The van der Waals surface area contributed by atoms with Gasteiger partial charge in [-0.05, 0) is 60.7 Å². The fourth-order valence-electron chi connectivity index (χ4n) is 2.89. The first-order chi connectivity index (χ1) is 16.3. The predicted molar refractivity (Wildman–Crippen MR) is 128 cm³/mol. The molecule has 2 aromatic carbocycles. The number of hydrogen-bond acceptors (Lipinski definition) is 8. The van der Waals surface area contributed by atoms with E-state index in [0.29, 0.717) is 34.4 Å². The average molecular weight is 505 g/mol. The van der Waals surface area contributed by atoms with Crippen LogP contribution in [0.25, 0.3) is 6.08 Å². The van der Waals surface area contributed by atoms with Crippen LogP contribution in [0.5, 0.6) is 11.5 Å². The van der Waals surface area contributed by atoms with Crippen molar-refractivity contribution in [2.75, 3.05) is 32.2 Å². The molecule has 1 aliphatic rings. The van der Waals surface area contributed by atoms with Crippen molar-refractivity contribution < 1.29 is 33.4 Å². The van der Waals surface area contributed by atoms with E-state index >= 15 is 0 Å². The average Bonchev–Trinajstić information content (AvgIpc) is 3.06. The molecule has 0 atom stereocenters. The summed E-state index contributed by atoms with van der Waals surface area (Å²) in [6.07, 6.45) is 1.51. The molecule has 2 aromatic rings. The SMILES string of the molecule is CCOc1cc(/C=C2/SC(=O)N(CC(=O)OC)C2=O)ccc1OCC(=O)Nc1cccc(Cl)c1. The molecule has 9 nitrogen and oxygen atoms in total.